The summed E-state index contributed by atoms with van der Waals surface area (Å²) in [5.74, 6) is 0.124. The number of nitrogens with one attached hydrogen (secondary N) is 1. The van der Waals surface area contributed by atoms with Crippen molar-refractivity contribution in [1.29, 1.82) is 0 Å². The van der Waals surface area contributed by atoms with E-state index in [1.54, 1.807) is 6.07 Å². The third kappa shape index (κ3) is 3.02. The fourth-order valence-corrected chi connectivity index (χ4v) is 4.99. The van der Waals surface area contributed by atoms with Gasteiger partial charge in [0.1, 0.15) is 15.8 Å². The van der Waals surface area contributed by atoms with Gasteiger partial charge >= 0.3 is 0 Å². The molecule has 0 spiro atoms. The summed E-state index contributed by atoms with van der Waals surface area (Å²) in [4.78, 5) is 1.01. The number of aryl methyl sites for hydroxylation is 1. The highest BCUT2D eigenvalue weighted by Gasteiger charge is 2.28. The average Bonchev–Trinajstić information content (AvgIpc) is 2.97. The van der Waals surface area contributed by atoms with E-state index in [-0.39, 0.29) is 4.21 Å². The second-order valence-corrected chi connectivity index (χ2v) is 8.18. The van der Waals surface area contributed by atoms with Gasteiger partial charge in [-0.3, -0.25) is 0 Å². The molecule has 0 aliphatic carbocycles. The molecule has 1 aliphatic rings. The highest BCUT2D eigenvalue weighted by molar-refractivity contribution is 7.91. The summed E-state index contributed by atoms with van der Waals surface area (Å²) in [6, 6.07) is 7.12. The Bertz CT molecular complexity index is 786. The molecule has 118 valence electrons. The van der Waals surface area contributed by atoms with E-state index in [4.69, 9.17) is 4.74 Å². The lowest BCUT2D eigenvalue weighted by atomic mass is 10.0. The number of ether oxygens (including phenoxy) is 1. The van der Waals surface area contributed by atoms with Gasteiger partial charge in [0.15, 0.2) is 0 Å². The lowest BCUT2D eigenvalue weighted by molar-refractivity contribution is 0.262. The van der Waals surface area contributed by atoms with Crippen LogP contribution in [-0.2, 0) is 16.4 Å². The predicted octanol–water partition coefficient (Wildman–Crippen LogP) is 3.25. The summed E-state index contributed by atoms with van der Waals surface area (Å²) in [6.07, 6.45) is 1.27. The van der Waals surface area contributed by atoms with Crippen LogP contribution in [0.15, 0.2) is 34.5 Å². The third-order valence-electron chi connectivity index (χ3n) is 3.56. The maximum atomic E-state index is 13.4. The van der Waals surface area contributed by atoms with E-state index in [2.05, 4.69) is 4.72 Å². The van der Waals surface area contributed by atoms with Gasteiger partial charge in [-0.1, -0.05) is 6.92 Å². The van der Waals surface area contributed by atoms with Gasteiger partial charge in [0.2, 0.25) is 0 Å². The van der Waals surface area contributed by atoms with Crippen LogP contribution in [0.5, 0.6) is 5.75 Å². The molecule has 1 unspecified atom stereocenters. The molecule has 0 saturated heterocycles. The van der Waals surface area contributed by atoms with Crippen molar-refractivity contribution in [3.63, 3.8) is 0 Å². The third-order valence-corrected chi connectivity index (χ3v) is 6.75. The maximum Gasteiger partial charge on any atom is 0.250 e. The Morgan fingerprint density at radius 2 is 2.18 bits per heavy atom. The highest BCUT2D eigenvalue weighted by Crippen LogP contribution is 2.34. The van der Waals surface area contributed by atoms with E-state index in [0.29, 0.717) is 24.3 Å². The summed E-state index contributed by atoms with van der Waals surface area (Å²) in [6.45, 7) is 2.38. The number of thiophene rings is 1. The van der Waals surface area contributed by atoms with Gasteiger partial charge in [0.25, 0.3) is 10.0 Å². The lowest BCUT2D eigenvalue weighted by Crippen LogP contribution is -2.31. The largest absolute Gasteiger partial charge is 0.493 e. The fourth-order valence-electron chi connectivity index (χ4n) is 2.43. The molecule has 1 aromatic carbocycles. The van der Waals surface area contributed by atoms with E-state index >= 15 is 0 Å². The second-order valence-electron chi connectivity index (χ2n) is 5.07. The maximum absolute atomic E-state index is 13.4. The zero-order valence-corrected chi connectivity index (χ0v) is 13.6. The minimum Gasteiger partial charge on any atom is -0.493 e. The first-order chi connectivity index (χ1) is 10.5. The number of hydrogen-bond acceptors (Lipinski definition) is 4. The van der Waals surface area contributed by atoms with Gasteiger partial charge in [-0.2, -0.15) is 0 Å². The molecule has 1 aliphatic heterocycles. The normalized spacial score (nSPS) is 17.8. The van der Waals surface area contributed by atoms with Gasteiger partial charge in [-0.05, 0) is 36.8 Å². The minimum absolute atomic E-state index is 0.286. The van der Waals surface area contributed by atoms with Crippen LogP contribution in [0.1, 0.15) is 29.8 Å². The number of rotatable bonds is 4. The van der Waals surface area contributed by atoms with Gasteiger partial charge in [-0.15, -0.1) is 11.3 Å². The van der Waals surface area contributed by atoms with E-state index in [9.17, 15) is 12.8 Å². The zero-order valence-electron chi connectivity index (χ0n) is 12.0. The molecule has 7 heteroatoms. The Hall–Kier alpha value is -1.44. The molecule has 1 atom stereocenters. The summed E-state index contributed by atoms with van der Waals surface area (Å²) in [5.41, 5.74) is 0.544. The van der Waals surface area contributed by atoms with Crippen LogP contribution in [0.25, 0.3) is 0 Å². The van der Waals surface area contributed by atoms with Crippen LogP contribution < -0.4 is 9.46 Å². The topological polar surface area (TPSA) is 55.4 Å². The smallest absolute Gasteiger partial charge is 0.250 e. The van der Waals surface area contributed by atoms with Crippen molar-refractivity contribution >= 4 is 21.4 Å². The van der Waals surface area contributed by atoms with Crippen molar-refractivity contribution in [3.05, 3.63) is 46.6 Å². The van der Waals surface area contributed by atoms with Crippen LogP contribution in [0.3, 0.4) is 0 Å². The number of fused-ring (bicyclic) bond motifs is 1. The van der Waals surface area contributed by atoms with Crippen LogP contribution in [-0.4, -0.2) is 15.0 Å². The van der Waals surface area contributed by atoms with Crippen molar-refractivity contribution in [2.75, 3.05) is 6.61 Å². The standard InChI is InChI=1S/C15H16FNO3S2/c1-2-11-4-6-15(21-11)22(18,19)17-13-7-8-20-14-5-3-10(16)9-12(13)14/h3-6,9,13,17H,2,7-8H2,1H3. The second kappa shape index (κ2) is 5.98. The first-order valence-corrected chi connectivity index (χ1v) is 9.33. The molecule has 0 fully saturated rings. The monoisotopic (exact) mass is 341 g/mol. The van der Waals surface area contributed by atoms with Crippen molar-refractivity contribution in [1.82, 2.24) is 4.72 Å². The minimum atomic E-state index is -3.61. The number of sulfonamides is 1. The van der Waals surface area contributed by atoms with Crippen LogP contribution >= 0.6 is 11.3 Å². The molecule has 0 saturated carbocycles. The van der Waals surface area contributed by atoms with Crippen LogP contribution in [0.2, 0.25) is 0 Å². The average molecular weight is 341 g/mol. The number of benzene rings is 1. The summed E-state index contributed by atoms with van der Waals surface area (Å²) in [7, 11) is -3.61. The predicted molar refractivity (Wildman–Crippen MR) is 83.3 cm³/mol. The van der Waals surface area contributed by atoms with Gasteiger partial charge in [0, 0.05) is 16.9 Å². The molecule has 2 heterocycles. The van der Waals surface area contributed by atoms with Gasteiger partial charge < -0.3 is 4.74 Å². The van der Waals surface area contributed by atoms with E-state index in [0.717, 1.165) is 11.3 Å². The molecular weight excluding hydrogens is 325 g/mol. The molecule has 3 rings (SSSR count). The first-order valence-electron chi connectivity index (χ1n) is 7.03. The molecule has 0 amide bonds. The first kappa shape index (κ1) is 15.5. The van der Waals surface area contributed by atoms with Crippen molar-refractivity contribution < 1.29 is 17.5 Å². The Labute approximate surface area is 133 Å². The van der Waals surface area contributed by atoms with Crippen LogP contribution in [0, 0.1) is 5.82 Å². The molecule has 1 N–H and O–H groups in total. The molecular formula is C15H16FNO3S2. The molecule has 4 nitrogen and oxygen atoms in total. The van der Waals surface area contributed by atoms with Gasteiger partial charge in [-0.25, -0.2) is 17.5 Å². The number of hydrogen-bond donors (Lipinski definition) is 1. The van der Waals surface area contributed by atoms with Crippen molar-refractivity contribution in [3.8, 4) is 5.75 Å². The van der Waals surface area contributed by atoms with Crippen molar-refractivity contribution in [2.45, 2.75) is 30.0 Å². The fraction of sp³-hybridized carbons (Fsp3) is 0.333. The van der Waals surface area contributed by atoms with E-state index in [1.165, 1.54) is 29.5 Å². The highest BCUT2D eigenvalue weighted by atomic mass is 32.2. The lowest BCUT2D eigenvalue weighted by Gasteiger charge is -2.26. The summed E-state index contributed by atoms with van der Waals surface area (Å²) >= 11 is 1.26. The van der Waals surface area contributed by atoms with Gasteiger partial charge in [0.05, 0.1) is 12.6 Å². The Balaban J connectivity index is 1.89. The van der Waals surface area contributed by atoms with E-state index in [1.807, 2.05) is 13.0 Å². The quantitative estimate of drug-likeness (QED) is 0.929. The summed E-state index contributed by atoms with van der Waals surface area (Å²) < 4.78 is 46.8. The summed E-state index contributed by atoms with van der Waals surface area (Å²) in [5, 5.41) is 0. The van der Waals surface area contributed by atoms with Crippen LogP contribution in [0.4, 0.5) is 4.39 Å². The Morgan fingerprint density at radius 3 is 2.91 bits per heavy atom. The molecule has 0 radical (unpaired) electrons. The van der Waals surface area contributed by atoms with E-state index < -0.39 is 21.9 Å². The number of halogens is 1. The molecule has 0 bridgehead atoms. The SMILES string of the molecule is CCc1ccc(S(=O)(=O)NC2CCOc3ccc(F)cc32)s1. The Morgan fingerprint density at radius 1 is 1.36 bits per heavy atom. The van der Waals surface area contributed by atoms with Crippen molar-refractivity contribution in [2.24, 2.45) is 0 Å². The molecule has 1 aromatic heterocycles. The Kier molecular flexibility index (Phi) is 4.20. The molecule has 2 aromatic rings. The zero-order chi connectivity index (χ0) is 15.7. The molecule has 22 heavy (non-hydrogen) atoms.